The van der Waals surface area contributed by atoms with Crippen LogP contribution in [0.15, 0.2) is 24.3 Å². The van der Waals surface area contributed by atoms with E-state index in [1.165, 1.54) is 0 Å². The van der Waals surface area contributed by atoms with E-state index in [1.807, 2.05) is 24.3 Å². The maximum Gasteiger partial charge on any atom is 0.223 e. The summed E-state index contributed by atoms with van der Waals surface area (Å²) in [7, 11) is 1.64. The number of nitrogens with two attached hydrogens (primary N) is 1. The van der Waals surface area contributed by atoms with Crippen LogP contribution in [0, 0.1) is 5.92 Å². The molecule has 0 bridgehead atoms. The molecule has 0 radical (unpaired) electrons. The number of benzene rings is 1. The molecule has 2 rings (SSSR count). The lowest BCUT2D eigenvalue weighted by Crippen LogP contribution is -2.29. The Morgan fingerprint density at radius 1 is 1.47 bits per heavy atom. The van der Waals surface area contributed by atoms with E-state index in [2.05, 4.69) is 5.32 Å². The van der Waals surface area contributed by atoms with Crippen molar-refractivity contribution < 1.29 is 9.53 Å². The Labute approximate surface area is 120 Å². The molecular formula is C14H21ClN2O2. The Hall–Kier alpha value is -1.26. The van der Waals surface area contributed by atoms with Gasteiger partial charge in [0, 0.05) is 18.5 Å². The number of rotatable bonds is 4. The first kappa shape index (κ1) is 15.8. The SMILES string of the molecule is COc1cccc(CNC(=O)C2CCC(N)C2)c1.Cl. The van der Waals surface area contributed by atoms with Crippen molar-refractivity contribution in [1.29, 1.82) is 0 Å². The predicted octanol–water partition coefficient (Wildman–Crippen LogP) is 1.86. The van der Waals surface area contributed by atoms with Crippen LogP contribution in [0.25, 0.3) is 0 Å². The van der Waals surface area contributed by atoms with Crippen LogP contribution >= 0.6 is 12.4 Å². The van der Waals surface area contributed by atoms with Gasteiger partial charge in [-0.1, -0.05) is 12.1 Å². The number of methoxy groups -OCH3 is 1. The van der Waals surface area contributed by atoms with Crippen LogP contribution < -0.4 is 15.8 Å². The molecule has 1 aliphatic rings. The van der Waals surface area contributed by atoms with Crippen LogP contribution in [0.4, 0.5) is 0 Å². The van der Waals surface area contributed by atoms with Gasteiger partial charge in [-0.2, -0.15) is 0 Å². The number of amides is 1. The van der Waals surface area contributed by atoms with E-state index in [9.17, 15) is 4.79 Å². The van der Waals surface area contributed by atoms with Crippen molar-refractivity contribution in [2.75, 3.05) is 7.11 Å². The van der Waals surface area contributed by atoms with Crippen LogP contribution in [0.1, 0.15) is 24.8 Å². The number of ether oxygens (including phenoxy) is 1. The summed E-state index contributed by atoms with van der Waals surface area (Å²) in [6, 6.07) is 7.91. The average Bonchev–Trinajstić information content (AvgIpc) is 2.83. The van der Waals surface area contributed by atoms with E-state index in [-0.39, 0.29) is 30.3 Å². The van der Waals surface area contributed by atoms with Gasteiger partial charge < -0.3 is 15.8 Å². The number of carbonyl (C=O) groups excluding carboxylic acids is 1. The monoisotopic (exact) mass is 284 g/mol. The van der Waals surface area contributed by atoms with Gasteiger partial charge >= 0.3 is 0 Å². The molecule has 3 N–H and O–H groups in total. The van der Waals surface area contributed by atoms with Gasteiger partial charge in [-0.25, -0.2) is 0 Å². The molecule has 2 unspecified atom stereocenters. The summed E-state index contributed by atoms with van der Waals surface area (Å²) in [5.74, 6) is 1.01. The fraction of sp³-hybridized carbons (Fsp3) is 0.500. The van der Waals surface area contributed by atoms with Crippen molar-refractivity contribution in [2.45, 2.75) is 31.8 Å². The highest BCUT2D eigenvalue weighted by Gasteiger charge is 2.27. The van der Waals surface area contributed by atoms with Gasteiger partial charge in [0.15, 0.2) is 0 Å². The molecule has 2 atom stereocenters. The second-order valence-corrected chi connectivity index (χ2v) is 4.84. The van der Waals surface area contributed by atoms with Gasteiger partial charge in [0.05, 0.1) is 7.11 Å². The number of hydrogen-bond acceptors (Lipinski definition) is 3. The zero-order chi connectivity index (χ0) is 13.0. The second-order valence-electron chi connectivity index (χ2n) is 4.84. The maximum atomic E-state index is 11.9. The molecular weight excluding hydrogens is 264 g/mol. The molecule has 0 saturated heterocycles. The number of nitrogens with one attached hydrogen (secondary N) is 1. The molecule has 19 heavy (non-hydrogen) atoms. The summed E-state index contributed by atoms with van der Waals surface area (Å²) in [4.78, 5) is 11.9. The van der Waals surface area contributed by atoms with Gasteiger partial charge in [-0.15, -0.1) is 12.4 Å². The largest absolute Gasteiger partial charge is 0.497 e. The van der Waals surface area contributed by atoms with E-state index in [0.717, 1.165) is 30.6 Å². The van der Waals surface area contributed by atoms with Crippen LogP contribution in [0.2, 0.25) is 0 Å². The predicted molar refractivity (Wildman–Crippen MR) is 77.4 cm³/mol. The number of carbonyl (C=O) groups is 1. The van der Waals surface area contributed by atoms with Crippen LogP contribution in [-0.4, -0.2) is 19.1 Å². The first-order chi connectivity index (χ1) is 8.69. The first-order valence-electron chi connectivity index (χ1n) is 6.35. The van der Waals surface area contributed by atoms with Crippen LogP contribution in [0.3, 0.4) is 0 Å². The molecule has 0 spiro atoms. The highest BCUT2D eigenvalue weighted by atomic mass is 35.5. The highest BCUT2D eigenvalue weighted by molar-refractivity contribution is 5.85. The Kier molecular flexibility index (Phi) is 6.12. The summed E-state index contributed by atoms with van der Waals surface area (Å²) in [5, 5.41) is 2.96. The maximum absolute atomic E-state index is 11.9. The molecule has 1 aromatic carbocycles. The summed E-state index contributed by atoms with van der Waals surface area (Å²) in [6.45, 7) is 0.543. The van der Waals surface area contributed by atoms with E-state index >= 15 is 0 Å². The lowest BCUT2D eigenvalue weighted by atomic mass is 10.1. The Morgan fingerprint density at radius 2 is 2.26 bits per heavy atom. The molecule has 1 aromatic rings. The number of hydrogen-bond donors (Lipinski definition) is 2. The first-order valence-corrected chi connectivity index (χ1v) is 6.35. The van der Waals surface area contributed by atoms with E-state index in [1.54, 1.807) is 7.11 Å². The standard InChI is InChI=1S/C14H20N2O2.ClH/c1-18-13-4-2-3-10(7-13)9-16-14(17)11-5-6-12(15)8-11;/h2-4,7,11-12H,5-6,8-9,15H2,1H3,(H,16,17);1H. The van der Waals surface area contributed by atoms with Gasteiger partial charge in [0.2, 0.25) is 5.91 Å². The Balaban J connectivity index is 0.00000180. The van der Waals surface area contributed by atoms with Crippen molar-refractivity contribution in [3.8, 4) is 5.75 Å². The van der Waals surface area contributed by atoms with Crippen molar-refractivity contribution >= 4 is 18.3 Å². The topological polar surface area (TPSA) is 64.3 Å². The number of halogens is 1. The van der Waals surface area contributed by atoms with Crippen LogP contribution in [0.5, 0.6) is 5.75 Å². The van der Waals surface area contributed by atoms with E-state index in [0.29, 0.717) is 6.54 Å². The second kappa shape index (κ2) is 7.36. The summed E-state index contributed by atoms with van der Waals surface area (Å²) in [5.41, 5.74) is 6.86. The van der Waals surface area contributed by atoms with Crippen molar-refractivity contribution in [3.63, 3.8) is 0 Å². The van der Waals surface area contributed by atoms with Gasteiger partial charge in [-0.3, -0.25) is 4.79 Å². The highest BCUT2D eigenvalue weighted by Crippen LogP contribution is 2.24. The molecule has 4 nitrogen and oxygen atoms in total. The fourth-order valence-corrected chi connectivity index (χ4v) is 2.37. The lowest BCUT2D eigenvalue weighted by molar-refractivity contribution is -0.125. The molecule has 1 amide bonds. The minimum absolute atomic E-state index is 0. The quantitative estimate of drug-likeness (QED) is 0.887. The van der Waals surface area contributed by atoms with Crippen molar-refractivity contribution in [1.82, 2.24) is 5.32 Å². The Bertz CT molecular complexity index is 426. The smallest absolute Gasteiger partial charge is 0.223 e. The fourth-order valence-electron chi connectivity index (χ4n) is 2.37. The summed E-state index contributed by atoms with van der Waals surface area (Å²) < 4.78 is 5.15. The summed E-state index contributed by atoms with van der Waals surface area (Å²) in [6.07, 6.45) is 2.67. The van der Waals surface area contributed by atoms with Gasteiger partial charge in [0.1, 0.15) is 5.75 Å². The molecule has 0 aliphatic heterocycles. The molecule has 106 valence electrons. The van der Waals surface area contributed by atoms with Crippen molar-refractivity contribution in [3.05, 3.63) is 29.8 Å². The zero-order valence-electron chi connectivity index (χ0n) is 11.1. The molecule has 1 saturated carbocycles. The summed E-state index contributed by atoms with van der Waals surface area (Å²) >= 11 is 0. The molecule has 1 fully saturated rings. The lowest BCUT2D eigenvalue weighted by Gasteiger charge is -2.11. The van der Waals surface area contributed by atoms with Crippen LogP contribution in [-0.2, 0) is 11.3 Å². The average molecular weight is 285 g/mol. The van der Waals surface area contributed by atoms with Crippen molar-refractivity contribution in [2.24, 2.45) is 11.7 Å². The van der Waals surface area contributed by atoms with E-state index < -0.39 is 0 Å². The van der Waals surface area contributed by atoms with Gasteiger partial charge in [0.25, 0.3) is 0 Å². The Morgan fingerprint density at radius 3 is 2.89 bits per heavy atom. The third-order valence-corrected chi connectivity index (χ3v) is 3.44. The normalized spacial score (nSPS) is 21.6. The molecule has 0 heterocycles. The third-order valence-electron chi connectivity index (χ3n) is 3.44. The molecule has 1 aliphatic carbocycles. The minimum atomic E-state index is 0. The molecule has 5 heteroatoms. The molecule has 0 aromatic heterocycles. The third kappa shape index (κ3) is 4.40. The minimum Gasteiger partial charge on any atom is -0.497 e. The zero-order valence-corrected chi connectivity index (χ0v) is 11.9. The van der Waals surface area contributed by atoms with E-state index in [4.69, 9.17) is 10.5 Å². The van der Waals surface area contributed by atoms with Gasteiger partial charge in [-0.05, 0) is 37.0 Å².